The predicted octanol–water partition coefficient (Wildman–Crippen LogP) is 0.806. The minimum atomic E-state index is -1.10. The fourth-order valence-electron chi connectivity index (χ4n) is 1.26. The van der Waals surface area contributed by atoms with E-state index in [0.717, 1.165) is 0 Å². The summed E-state index contributed by atoms with van der Waals surface area (Å²) in [5, 5.41) is 17.9. The minimum Gasteiger partial charge on any atom is -0.481 e. The van der Waals surface area contributed by atoms with Crippen LogP contribution < -0.4 is 0 Å². The van der Waals surface area contributed by atoms with Crippen LogP contribution in [0.5, 0.6) is 0 Å². The summed E-state index contributed by atoms with van der Waals surface area (Å²) < 4.78 is 0. The van der Waals surface area contributed by atoms with Gasteiger partial charge in [0.2, 0.25) is 0 Å². The molecule has 1 atom stereocenters. The van der Waals surface area contributed by atoms with Gasteiger partial charge in [0, 0.05) is 12.8 Å². The van der Waals surface area contributed by atoms with Gasteiger partial charge < -0.3 is 10.2 Å². The second kappa shape index (κ2) is 4.19. The van der Waals surface area contributed by atoms with Crippen molar-refractivity contribution in [3.63, 3.8) is 0 Å². The topological polar surface area (TPSA) is 70.4 Å². The highest BCUT2D eigenvalue weighted by Gasteiger charge is 2.35. The molecule has 14 heavy (non-hydrogen) atoms. The van der Waals surface area contributed by atoms with Gasteiger partial charge in [0.25, 0.3) is 0 Å². The van der Waals surface area contributed by atoms with Crippen LogP contribution in [-0.2, 0) is 10.2 Å². The summed E-state index contributed by atoms with van der Waals surface area (Å²) in [6, 6.07) is 5.12. The molecule has 1 aromatic rings. The molecule has 0 aliphatic carbocycles. The Balaban J connectivity index is 3.06. The average Bonchev–Trinajstić information content (AvgIpc) is 2.19. The Bertz CT molecular complexity index is 312. The zero-order chi connectivity index (χ0) is 10.6. The molecule has 76 valence electrons. The van der Waals surface area contributed by atoms with Gasteiger partial charge >= 0.3 is 5.97 Å². The predicted molar refractivity (Wildman–Crippen MR) is 50.9 cm³/mol. The van der Waals surface area contributed by atoms with Crippen LogP contribution in [-0.4, -0.2) is 27.8 Å². The zero-order valence-electron chi connectivity index (χ0n) is 7.97. The Kier molecular flexibility index (Phi) is 3.19. The molecule has 1 rings (SSSR count). The standard InChI is InChI=1S/C10H13NO3/c1-10(5-7-12,9(13)14)8-4-2-3-6-11-8/h2-4,6,12H,5,7H2,1H3,(H,13,14). The Labute approximate surface area is 82.2 Å². The molecule has 0 fully saturated rings. The number of aromatic nitrogens is 1. The Morgan fingerprint density at radius 2 is 2.29 bits per heavy atom. The van der Waals surface area contributed by atoms with E-state index in [9.17, 15) is 4.79 Å². The maximum atomic E-state index is 11.1. The van der Waals surface area contributed by atoms with E-state index in [2.05, 4.69) is 4.98 Å². The number of carbonyl (C=O) groups is 1. The van der Waals surface area contributed by atoms with Crippen LogP contribution in [0.1, 0.15) is 19.0 Å². The largest absolute Gasteiger partial charge is 0.481 e. The molecule has 1 aromatic heterocycles. The first-order valence-electron chi connectivity index (χ1n) is 4.37. The van der Waals surface area contributed by atoms with Gasteiger partial charge in [-0.2, -0.15) is 0 Å². The number of rotatable bonds is 4. The Morgan fingerprint density at radius 3 is 2.71 bits per heavy atom. The number of carboxylic acids is 1. The molecule has 0 aliphatic rings. The van der Waals surface area contributed by atoms with Crippen LogP contribution in [0.2, 0.25) is 0 Å². The van der Waals surface area contributed by atoms with Crippen molar-refractivity contribution in [2.75, 3.05) is 6.61 Å². The number of aliphatic hydroxyl groups is 1. The third-order valence-electron chi connectivity index (χ3n) is 2.31. The molecule has 1 heterocycles. The van der Waals surface area contributed by atoms with Crippen molar-refractivity contribution in [3.8, 4) is 0 Å². The van der Waals surface area contributed by atoms with Crippen molar-refractivity contribution in [2.24, 2.45) is 0 Å². The molecule has 0 radical (unpaired) electrons. The van der Waals surface area contributed by atoms with Crippen molar-refractivity contribution in [1.82, 2.24) is 4.98 Å². The highest BCUT2D eigenvalue weighted by Crippen LogP contribution is 2.25. The van der Waals surface area contributed by atoms with Crippen molar-refractivity contribution >= 4 is 5.97 Å². The maximum absolute atomic E-state index is 11.1. The summed E-state index contributed by atoms with van der Waals surface area (Å²) in [6.07, 6.45) is 1.72. The first kappa shape index (κ1) is 10.7. The van der Waals surface area contributed by atoms with E-state index in [1.807, 2.05) is 0 Å². The van der Waals surface area contributed by atoms with E-state index in [1.165, 1.54) is 0 Å². The molecule has 0 aromatic carbocycles. The van der Waals surface area contributed by atoms with E-state index >= 15 is 0 Å². The van der Waals surface area contributed by atoms with Crippen molar-refractivity contribution in [2.45, 2.75) is 18.8 Å². The van der Waals surface area contributed by atoms with Gasteiger partial charge in [-0.1, -0.05) is 6.07 Å². The SMILES string of the molecule is CC(CCO)(C(=O)O)c1ccccn1. The van der Waals surface area contributed by atoms with Gasteiger partial charge in [-0.05, 0) is 25.5 Å². The smallest absolute Gasteiger partial charge is 0.315 e. The molecule has 0 amide bonds. The monoisotopic (exact) mass is 195 g/mol. The normalized spacial score (nSPS) is 14.7. The van der Waals surface area contributed by atoms with E-state index in [4.69, 9.17) is 10.2 Å². The van der Waals surface area contributed by atoms with Crippen LogP contribution in [0.15, 0.2) is 24.4 Å². The third kappa shape index (κ3) is 1.90. The Morgan fingerprint density at radius 1 is 1.57 bits per heavy atom. The average molecular weight is 195 g/mol. The number of aliphatic carboxylic acids is 1. The van der Waals surface area contributed by atoms with Gasteiger partial charge in [0.15, 0.2) is 0 Å². The van der Waals surface area contributed by atoms with E-state index in [0.29, 0.717) is 5.69 Å². The summed E-state index contributed by atoms with van der Waals surface area (Å²) in [5.41, 5.74) is -0.628. The molecule has 0 saturated carbocycles. The minimum absolute atomic E-state index is 0.166. The third-order valence-corrected chi connectivity index (χ3v) is 2.31. The number of pyridine rings is 1. The van der Waals surface area contributed by atoms with Crippen LogP contribution in [0.25, 0.3) is 0 Å². The van der Waals surface area contributed by atoms with Crippen LogP contribution >= 0.6 is 0 Å². The molecule has 0 spiro atoms. The lowest BCUT2D eigenvalue weighted by atomic mass is 9.83. The molecule has 0 aliphatic heterocycles. The molecular weight excluding hydrogens is 182 g/mol. The number of nitrogens with zero attached hydrogens (tertiary/aromatic N) is 1. The van der Waals surface area contributed by atoms with Gasteiger partial charge in [0.1, 0.15) is 5.41 Å². The highest BCUT2D eigenvalue weighted by atomic mass is 16.4. The van der Waals surface area contributed by atoms with Gasteiger partial charge in [-0.25, -0.2) is 0 Å². The second-order valence-corrected chi connectivity index (χ2v) is 3.33. The van der Waals surface area contributed by atoms with Crippen LogP contribution in [0.3, 0.4) is 0 Å². The quantitative estimate of drug-likeness (QED) is 0.745. The van der Waals surface area contributed by atoms with Gasteiger partial charge in [-0.3, -0.25) is 9.78 Å². The highest BCUT2D eigenvalue weighted by molar-refractivity contribution is 5.80. The first-order chi connectivity index (χ1) is 6.61. The summed E-state index contributed by atoms with van der Waals surface area (Å²) in [6.45, 7) is 1.40. The van der Waals surface area contributed by atoms with Crippen LogP contribution in [0.4, 0.5) is 0 Å². The van der Waals surface area contributed by atoms with Gasteiger partial charge in [-0.15, -0.1) is 0 Å². The Hall–Kier alpha value is -1.42. The second-order valence-electron chi connectivity index (χ2n) is 3.33. The zero-order valence-corrected chi connectivity index (χ0v) is 7.97. The summed E-state index contributed by atoms with van der Waals surface area (Å²) >= 11 is 0. The summed E-state index contributed by atoms with van der Waals surface area (Å²) in [4.78, 5) is 15.1. The van der Waals surface area contributed by atoms with Crippen molar-refractivity contribution in [1.29, 1.82) is 0 Å². The molecule has 0 saturated heterocycles. The molecule has 0 bridgehead atoms. The fraction of sp³-hybridized carbons (Fsp3) is 0.400. The van der Waals surface area contributed by atoms with Crippen molar-refractivity contribution < 1.29 is 15.0 Å². The van der Waals surface area contributed by atoms with Gasteiger partial charge in [0.05, 0.1) is 5.69 Å². The molecular formula is C10H13NO3. The van der Waals surface area contributed by atoms with Crippen molar-refractivity contribution in [3.05, 3.63) is 30.1 Å². The van der Waals surface area contributed by atoms with E-state index < -0.39 is 11.4 Å². The lowest BCUT2D eigenvalue weighted by Crippen LogP contribution is -2.34. The van der Waals surface area contributed by atoms with E-state index in [-0.39, 0.29) is 13.0 Å². The maximum Gasteiger partial charge on any atom is 0.315 e. The molecule has 4 nitrogen and oxygen atoms in total. The summed E-state index contributed by atoms with van der Waals surface area (Å²) in [5.74, 6) is -0.967. The lowest BCUT2D eigenvalue weighted by Gasteiger charge is -2.22. The summed E-state index contributed by atoms with van der Waals surface area (Å²) in [7, 11) is 0. The molecule has 1 unspecified atom stereocenters. The number of hydrogen-bond acceptors (Lipinski definition) is 3. The lowest BCUT2D eigenvalue weighted by molar-refractivity contribution is -0.144. The molecule has 4 heteroatoms. The number of hydrogen-bond donors (Lipinski definition) is 2. The molecule has 2 N–H and O–H groups in total. The number of carboxylic acid groups (broad SMARTS) is 1. The fourth-order valence-corrected chi connectivity index (χ4v) is 1.26. The first-order valence-corrected chi connectivity index (χ1v) is 4.37. The van der Waals surface area contributed by atoms with E-state index in [1.54, 1.807) is 31.3 Å². The van der Waals surface area contributed by atoms with Crippen LogP contribution in [0, 0.1) is 0 Å². The number of aliphatic hydroxyl groups excluding tert-OH is 1.